The first-order chi connectivity index (χ1) is 34.7. The molecule has 0 aromatic heterocycles. The number of aliphatic hydroxyl groups is 1. The molecule has 0 rings (SSSR count). The average molecular weight is 1070 g/mol. The van der Waals surface area contributed by atoms with Crippen LogP contribution in [0.15, 0.2) is 0 Å². The first-order valence-electron chi connectivity index (χ1n) is 28.3. The molecule has 0 saturated carbocycles. The van der Waals surface area contributed by atoms with Gasteiger partial charge in [0, 0.05) is 25.7 Å². The number of phosphoric acid groups is 2. The third kappa shape index (κ3) is 47.8. The van der Waals surface area contributed by atoms with Crippen LogP contribution < -0.4 is 0 Å². The van der Waals surface area contributed by atoms with Crippen molar-refractivity contribution in [3.8, 4) is 0 Å². The minimum Gasteiger partial charge on any atom is -0.462 e. The van der Waals surface area contributed by atoms with Gasteiger partial charge in [-0.25, -0.2) is 9.13 Å². The molecule has 0 bridgehead atoms. The second kappa shape index (κ2) is 48.7. The Kier molecular flexibility index (Phi) is 47.4. The van der Waals surface area contributed by atoms with Gasteiger partial charge in [0.2, 0.25) is 0 Å². The molecular weight excluding hydrogens is 971 g/mol. The number of rotatable bonds is 54. The van der Waals surface area contributed by atoms with E-state index in [4.69, 9.17) is 37.0 Å². The van der Waals surface area contributed by atoms with Crippen LogP contribution in [0.4, 0.5) is 0 Å². The van der Waals surface area contributed by atoms with Gasteiger partial charge in [0.15, 0.2) is 12.2 Å². The van der Waals surface area contributed by atoms with Crippen molar-refractivity contribution >= 4 is 39.5 Å². The molecule has 0 radical (unpaired) electrons. The summed E-state index contributed by atoms with van der Waals surface area (Å²) in [6, 6.07) is 0. The van der Waals surface area contributed by atoms with Gasteiger partial charge in [-0.05, 0) is 25.7 Å². The van der Waals surface area contributed by atoms with E-state index in [0.717, 1.165) is 89.9 Å². The lowest BCUT2D eigenvalue weighted by Crippen LogP contribution is -2.30. The van der Waals surface area contributed by atoms with Gasteiger partial charge in [0.25, 0.3) is 0 Å². The topological polar surface area (TPSA) is 237 Å². The zero-order chi connectivity index (χ0) is 53.4. The summed E-state index contributed by atoms with van der Waals surface area (Å²) in [7, 11) is -9.83. The van der Waals surface area contributed by atoms with Gasteiger partial charge in [-0.1, -0.05) is 207 Å². The van der Waals surface area contributed by atoms with E-state index < -0.39 is 97.5 Å². The van der Waals surface area contributed by atoms with Gasteiger partial charge in [-0.3, -0.25) is 37.3 Å². The molecule has 3 N–H and O–H groups in total. The van der Waals surface area contributed by atoms with E-state index >= 15 is 0 Å². The molecule has 2 unspecified atom stereocenters. The summed E-state index contributed by atoms with van der Waals surface area (Å²) in [4.78, 5) is 70.8. The van der Waals surface area contributed by atoms with Gasteiger partial charge in [-0.2, -0.15) is 0 Å². The zero-order valence-electron chi connectivity index (χ0n) is 45.4. The van der Waals surface area contributed by atoms with Crippen molar-refractivity contribution in [3.63, 3.8) is 0 Å². The van der Waals surface area contributed by atoms with Crippen LogP contribution in [0.2, 0.25) is 0 Å². The third-order valence-corrected chi connectivity index (χ3v) is 14.0. The molecule has 0 amide bonds. The van der Waals surface area contributed by atoms with Crippen molar-refractivity contribution in [2.45, 2.75) is 277 Å². The highest BCUT2D eigenvalue weighted by Crippen LogP contribution is 2.45. The standard InChI is InChI=1S/C53H102O17P2/c1-5-9-13-16-19-21-22-23-24-25-26-27-30-33-36-40-53(58)70-49(44-64-50(55)38-34-31-28-18-15-11-7-3)46-68-72(61,62)66-42-47(54)41-65-71(59,60)67-45-48(69-52(57)37-12-8-4)43-63-51(56)39-35-32-29-20-17-14-10-6-2/h47-49,54H,5-46H2,1-4H3,(H,59,60)(H,61,62)/t47-,48-,49-/m1/s1. The van der Waals surface area contributed by atoms with E-state index in [9.17, 15) is 43.2 Å². The Hall–Kier alpha value is -1.94. The van der Waals surface area contributed by atoms with E-state index in [2.05, 4.69) is 20.8 Å². The second-order valence-electron chi connectivity index (χ2n) is 19.3. The molecule has 5 atom stereocenters. The Labute approximate surface area is 435 Å². The van der Waals surface area contributed by atoms with Crippen LogP contribution >= 0.6 is 15.6 Å². The van der Waals surface area contributed by atoms with Crippen molar-refractivity contribution in [2.24, 2.45) is 0 Å². The van der Waals surface area contributed by atoms with Crippen LogP contribution in [0.25, 0.3) is 0 Å². The van der Waals surface area contributed by atoms with E-state index in [1.54, 1.807) is 0 Å². The van der Waals surface area contributed by atoms with Crippen LogP contribution in [0.3, 0.4) is 0 Å². The summed E-state index contributed by atoms with van der Waals surface area (Å²) in [5.74, 6) is -2.19. The smallest absolute Gasteiger partial charge is 0.462 e. The molecule has 426 valence electrons. The number of unbranched alkanes of at least 4 members (excludes halogenated alkanes) is 28. The second-order valence-corrected chi connectivity index (χ2v) is 22.2. The Morgan fingerprint density at radius 2 is 0.569 bits per heavy atom. The van der Waals surface area contributed by atoms with Crippen LogP contribution in [0.5, 0.6) is 0 Å². The fourth-order valence-corrected chi connectivity index (χ4v) is 9.25. The van der Waals surface area contributed by atoms with E-state index in [1.807, 2.05) is 6.92 Å². The molecular formula is C53H102O17P2. The van der Waals surface area contributed by atoms with Crippen LogP contribution in [0, 0.1) is 0 Å². The quantitative estimate of drug-likeness (QED) is 0.0222. The molecule has 72 heavy (non-hydrogen) atoms. The first kappa shape index (κ1) is 70.1. The predicted molar refractivity (Wildman–Crippen MR) is 280 cm³/mol. The largest absolute Gasteiger partial charge is 0.472 e. The van der Waals surface area contributed by atoms with Crippen molar-refractivity contribution in [2.75, 3.05) is 39.6 Å². The predicted octanol–water partition coefficient (Wildman–Crippen LogP) is 13.6. The molecule has 19 heteroatoms. The summed E-state index contributed by atoms with van der Waals surface area (Å²) in [6.07, 6.45) is 30.8. The average Bonchev–Trinajstić information content (AvgIpc) is 3.35. The summed E-state index contributed by atoms with van der Waals surface area (Å²) in [5.41, 5.74) is 0. The van der Waals surface area contributed by atoms with Crippen LogP contribution in [-0.4, -0.2) is 96.7 Å². The van der Waals surface area contributed by atoms with Crippen molar-refractivity contribution in [1.82, 2.24) is 0 Å². The molecule has 0 aliphatic heterocycles. The summed E-state index contributed by atoms with van der Waals surface area (Å²) < 4.78 is 66.8. The maximum Gasteiger partial charge on any atom is 0.472 e. The fourth-order valence-electron chi connectivity index (χ4n) is 7.67. The first-order valence-corrected chi connectivity index (χ1v) is 31.3. The zero-order valence-corrected chi connectivity index (χ0v) is 47.2. The number of carbonyl (C=O) groups excluding carboxylic acids is 4. The molecule has 0 aliphatic rings. The Balaban J connectivity index is 5.00. The highest BCUT2D eigenvalue weighted by atomic mass is 31.2. The van der Waals surface area contributed by atoms with Gasteiger partial charge in [-0.15, -0.1) is 0 Å². The maximum atomic E-state index is 12.8. The van der Waals surface area contributed by atoms with Crippen molar-refractivity contribution in [1.29, 1.82) is 0 Å². The van der Waals surface area contributed by atoms with Crippen molar-refractivity contribution < 1.29 is 80.2 Å². The number of aliphatic hydroxyl groups excluding tert-OH is 1. The number of phosphoric ester groups is 2. The molecule has 0 saturated heterocycles. The third-order valence-electron chi connectivity index (χ3n) is 12.1. The van der Waals surface area contributed by atoms with E-state index in [-0.39, 0.29) is 25.7 Å². The van der Waals surface area contributed by atoms with Gasteiger partial charge in [0.1, 0.15) is 19.3 Å². The van der Waals surface area contributed by atoms with Crippen LogP contribution in [0.1, 0.15) is 259 Å². The number of hydrogen-bond donors (Lipinski definition) is 3. The Morgan fingerprint density at radius 1 is 0.333 bits per heavy atom. The fraction of sp³-hybridized carbons (Fsp3) is 0.925. The Morgan fingerprint density at radius 3 is 0.861 bits per heavy atom. The summed E-state index contributed by atoms with van der Waals surface area (Å²) >= 11 is 0. The number of carbonyl (C=O) groups is 4. The number of hydrogen-bond acceptors (Lipinski definition) is 15. The number of ether oxygens (including phenoxy) is 4. The molecule has 0 aromatic rings. The van der Waals surface area contributed by atoms with Crippen LogP contribution in [-0.2, 0) is 65.4 Å². The SMILES string of the molecule is CCCCCCCCCCCCCCCCCC(=O)O[C@H](COC(=O)CCCCCCCCC)COP(=O)(O)OC[C@H](O)COP(=O)(O)OC[C@@H](COC(=O)CCCCCCCCCC)OC(=O)CCCC. The van der Waals surface area contributed by atoms with Gasteiger partial charge in [0.05, 0.1) is 26.4 Å². The molecule has 0 heterocycles. The minimum atomic E-state index is -4.92. The van der Waals surface area contributed by atoms with Gasteiger partial charge >= 0.3 is 39.5 Å². The lowest BCUT2D eigenvalue weighted by Gasteiger charge is -2.21. The Bertz CT molecular complexity index is 1420. The summed E-state index contributed by atoms with van der Waals surface area (Å²) in [6.45, 7) is 4.47. The van der Waals surface area contributed by atoms with Gasteiger partial charge < -0.3 is 33.8 Å². The number of esters is 4. The minimum absolute atomic E-state index is 0.0787. The maximum absolute atomic E-state index is 12.8. The van der Waals surface area contributed by atoms with Crippen molar-refractivity contribution in [3.05, 3.63) is 0 Å². The highest BCUT2D eigenvalue weighted by molar-refractivity contribution is 7.47. The lowest BCUT2D eigenvalue weighted by atomic mass is 10.0. The normalized spacial score (nSPS) is 14.5. The monoisotopic (exact) mass is 1070 g/mol. The lowest BCUT2D eigenvalue weighted by molar-refractivity contribution is -0.161. The molecule has 0 aromatic carbocycles. The molecule has 0 fully saturated rings. The highest BCUT2D eigenvalue weighted by Gasteiger charge is 2.30. The molecule has 17 nitrogen and oxygen atoms in total. The van der Waals surface area contributed by atoms with E-state index in [1.165, 1.54) is 89.9 Å². The molecule has 0 aliphatic carbocycles. The summed E-state index contributed by atoms with van der Waals surface area (Å²) in [5, 5.41) is 10.4. The van der Waals surface area contributed by atoms with E-state index in [0.29, 0.717) is 25.7 Å². The molecule has 0 spiro atoms.